The number of methoxy groups -OCH3 is 1. The van der Waals surface area contributed by atoms with Gasteiger partial charge in [0.1, 0.15) is 11.5 Å². The molecule has 2 unspecified atom stereocenters. The molecule has 0 amide bonds. The first-order valence-corrected chi connectivity index (χ1v) is 13.4. The molecule has 2 atom stereocenters. The minimum Gasteiger partial charge on any atom is -0.497 e. The van der Waals surface area contributed by atoms with E-state index in [1.807, 2.05) is 6.07 Å². The Balaban J connectivity index is 1.20. The Labute approximate surface area is 213 Å². The number of para-hydroxylation sites is 1. The van der Waals surface area contributed by atoms with Crippen molar-refractivity contribution in [2.24, 2.45) is 5.10 Å². The molecule has 0 radical (unpaired) electrons. The molecule has 1 fully saturated rings. The molecule has 184 valence electrons. The summed E-state index contributed by atoms with van der Waals surface area (Å²) in [4.78, 5) is 2.70. The third kappa shape index (κ3) is 3.52. The van der Waals surface area contributed by atoms with E-state index in [1.165, 1.54) is 36.0 Å². The van der Waals surface area contributed by atoms with Gasteiger partial charge in [0.25, 0.3) is 0 Å². The maximum absolute atomic E-state index is 6.88. The second-order valence-electron chi connectivity index (χ2n) is 10.6. The number of aryl methyl sites for hydroxylation is 1. The smallest absolute Gasteiger partial charge is 0.200 e. The van der Waals surface area contributed by atoms with Crippen LogP contribution < -0.4 is 9.47 Å². The number of rotatable bonds is 3. The lowest BCUT2D eigenvalue weighted by molar-refractivity contribution is -0.153. The summed E-state index contributed by atoms with van der Waals surface area (Å²) in [5.41, 5.74) is 6.16. The second-order valence-corrected chi connectivity index (χ2v) is 10.6. The van der Waals surface area contributed by atoms with Crippen LogP contribution in [0.3, 0.4) is 0 Å². The molecule has 0 saturated carbocycles. The van der Waals surface area contributed by atoms with Gasteiger partial charge in [-0.25, -0.2) is 5.01 Å². The van der Waals surface area contributed by atoms with E-state index in [1.54, 1.807) is 7.11 Å². The Morgan fingerprint density at radius 3 is 2.58 bits per heavy atom. The summed E-state index contributed by atoms with van der Waals surface area (Å²) >= 11 is 0. The molecule has 3 heterocycles. The van der Waals surface area contributed by atoms with Crippen molar-refractivity contribution < 1.29 is 9.47 Å². The molecule has 1 spiro atoms. The van der Waals surface area contributed by atoms with E-state index in [4.69, 9.17) is 14.6 Å². The number of piperidine rings is 1. The van der Waals surface area contributed by atoms with E-state index in [-0.39, 0.29) is 6.04 Å². The number of hydrogen-bond acceptors (Lipinski definition) is 5. The zero-order chi connectivity index (χ0) is 24.1. The van der Waals surface area contributed by atoms with Gasteiger partial charge >= 0.3 is 0 Å². The number of ether oxygens (including phenoxy) is 2. The number of nitrogens with zero attached hydrogens (tertiary/aromatic N) is 3. The molecule has 0 aromatic heterocycles. The fourth-order valence-corrected chi connectivity index (χ4v) is 6.83. The highest BCUT2D eigenvalue weighted by molar-refractivity contribution is 6.02. The Morgan fingerprint density at radius 1 is 0.917 bits per heavy atom. The number of hydrazone groups is 1. The SMILES string of the molecule is COc1cccc(C2=NN3C(C2)c2ccccc2OC32CCN(C3CCCc4ccccc43)CC2)c1. The van der Waals surface area contributed by atoms with E-state index in [0.29, 0.717) is 6.04 Å². The standard InChI is InChI=1S/C31H33N3O2/c1-35-24-11-6-10-23(20-24)27-21-29-26-13-4-5-15-30(26)36-31(34(29)32-27)16-18-33(19-17-31)28-14-7-9-22-8-2-3-12-25(22)28/h2-6,8,10-13,15,20,28-29H,7,9,14,16-19,21H2,1H3. The predicted octanol–water partition coefficient (Wildman–Crippen LogP) is 6.11. The molecule has 3 aromatic carbocycles. The Kier molecular flexibility index (Phi) is 5.28. The van der Waals surface area contributed by atoms with Crippen molar-refractivity contribution in [1.82, 2.24) is 9.91 Å². The average Bonchev–Trinajstić information content (AvgIpc) is 3.41. The zero-order valence-corrected chi connectivity index (χ0v) is 20.9. The van der Waals surface area contributed by atoms with Crippen molar-refractivity contribution in [2.45, 2.75) is 56.3 Å². The quantitative estimate of drug-likeness (QED) is 0.454. The van der Waals surface area contributed by atoms with Crippen LogP contribution in [0.2, 0.25) is 0 Å². The van der Waals surface area contributed by atoms with Crippen molar-refractivity contribution in [3.63, 3.8) is 0 Å². The maximum atomic E-state index is 6.88. The van der Waals surface area contributed by atoms with Crippen LogP contribution in [-0.2, 0) is 6.42 Å². The van der Waals surface area contributed by atoms with E-state index in [0.717, 1.165) is 55.1 Å². The first-order chi connectivity index (χ1) is 17.7. The van der Waals surface area contributed by atoms with Crippen LogP contribution in [0.1, 0.15) is 66.4 Å². The second kappa shape index (κ2) is 8.67. The van der Waals surface area contributed by atoms with Gasteiger partial charge in [0.15, 0.2) is 0 Å². The van der Waals surface area contributed by atoms with Crippen molar-refractivity contribution in [1.29, 1.82) is 0 Å². The van der Waals surface area contributed by atoms with Gasteiger partial charge in [0.2, 0.25) is 5.72 Å². The molecule has 5 nitrogen and oxygen atoms in total. The first-order valence-electron chi connectivity index (χ1n) is 13.4. The number of fused-ring (bicyclic) bond motifs is 5. The third-order valence-corrected chi connectivity index (χ3v) is 8.67. The van der Waals surface area contributed by atoms with Gasteiger partial charge < -0.3 is 9.47 Å². The van der Waals surface area contributed by atoms with E-state index in [9.17, 15) is 0 Å². The zero-order valence-electron chi connectivity index (χ0n) is 20.9. The molecule has 4 aliphatic rings. The highest BCUT2D eigenvalue weighted by Gasteiger charge is 2.52. The molecule has 0 N–H and O–H groups in total. The molecule has 5 heteroatoms. The van der Waals surface area contributed by atoms with Crippen LogP contribution in [0, 0.1) is 0 Å². The van der Waals surface area contributed by atoms with Crippen LogP contribution in [0.15, 0.2) is 77.9 Å². The van der Waals surface area contributed by atoms with E-state index < -0.39 is 5.72 Å². The molecule has 1 saturated heterocycles. The predicted molar refractivity (Wildman–Crippen MR) is 141 cm³/mol. The molecular formula is C31H33N3O2. The lowest BCUT2D eigenvalue weighted by Gasteiger charge is -2.52. The summed E-state index contributed by atoms with van der Waals surface area (Å²) in [5, 5.41) is 7.57. The van der Waals surface area contributed by atoms with Crippen LogP contribution >= 0.6 is 0 Å². The van der Waals surface area contributed by atoms with Gasteiger partial charge in [-0.05, 0) is 48.6 Å². The fourth-order valence-electron chi connectivity index (χ4n) is 6.83. The van der Waals surface area contributed by atoms with Gasteiger partial charge in [-0.3, -0.25) is 4.90 Å². The minimum absolute atomic E-state index is 0.207. The monoisotopic (exact) mass is 479 g/mol. The van der Waals surface area contributed by atoms with Crippen LogP contribution in [0.5, 0.6) is 11.5 Å². The van der Waals surface area contributed by atoms with Crippen molar-refractivity contribution in [2.75, 3.05) is 20.2 Å². The van der Waals surface area contributed by atoms with Crippen molar-refractivity contribution in [3.8, 4) is 11.5 Å². The highest BCUT2D eigenvalue weighted by Crippen LogP contribution is 2.51. The lowest BCUT2D eigenvalue weighted by atomic mass is 9.84. The molecular weight excluding hydrogens is 446 g/mol. The van der Waals surface area contributed by atoms with Crippen molar-refractivity contribution in [3.05, 3.63) is 95.1 Å². The van der Waals surface area contributed by atoms with Crippen molar-refractivity contribution >= 4 is 5.71 Å². The first kappa shape index (κ1) is 21.9. The summed E-state index contributed by atoms with van der Waals surface area (Å²) in [5.74, 6) is 1.89. The van der Waals surface area contributed by atoms with E-state index in [2.05, 4.69) is 76.6 Å². The van der Waals surface area contributed by atoms with Gasteiger partial charge in [0, 0.05) is 49.5 Å². The highest BCUT2D eigenvalue weighted by atomic mass is 16.5. The molecule has 36 heavy (non-hydrogen) atoms. The van der Waals surface area contributed by atoms with E-state index >= 15 is 0 Å². The van der Waals surface area contributed by atoms with Crippen LogP contribution in [0.25, 0.3) is 0 Å². The number of hydrogen-bond donors (Lipinski definition) is 0. The molecule has 7 rings (SSSR count). The number of likely N-dealkylation sites (tertiary alicyclic amines) is 1. The number of benzene rings is 3. The summed E-state index contributed by atoms with van der Waals surface area (Å²) in [6.07, 6.45) is 6.52. The normalized spacial score (nSPS) is 24.4. The summed E-state index contributed by atoms with van der Waals surface area (Å²) < 4.78 is 12.4. The topological polar surface area (TPSA) is 37.3 Å². The molecule has 1 aliphatic carbocycles. The molecule has 0 bridgehead atoms. The maximum Gasteiger partial charge on any atom is 0.200 e. The fraction of sp³-hybridized carbons (Fsp3) is 0.387. The van der Waals surface area contributed by atoms with Crippen LogP contribution in [-0.4, -0.2) is 41.5 Å². The largest absolute Gasteiger partial charge is 0.497 e. The summed E-state index contributed by atoms with van der Waals surface area (Å²) in [7, 11) is 1.72. The summed E-state index contributed by atoms with van der Waals surface area (Å²) in [6, 6.07) is 26.6. The van der Waals surface area contributed by atoms with Gasteiger partial charge in [0.05, 0.1) is 18.9 Å². The van der Waals surface area contributed by atoms with Gasteiger partial charge in [-0.1, -0.05) is 54.6 Å². The lowest BCUT2D eigenvalue weighted by Crippen LogP contribution is -2.59. The average molecular weight is 480 g/mol. The summed E-state index contributed by atoms with van der Waals surface area (Å²) in [6.45, 7) is 2.04. The Hall–Kier alpha value is -3.31. The molecule has 3 aromatic rings. The Bertz CT molecular complexity index is 1310. The van der Waals surface area contributed by atoms with Gasteiger partial charge in [-0.15, -0.1) is 0 Å². The Morgan fingerprint density at radius 2 is 1.72 bits per heavy atom. The van der Waals surface area contributed by atoms with Gasteiger partial charge in [-0.2, -0.15) is 5.10 Å². The third-order valence-electron chi connectivity index (χ3n) is 8.67. The van der Waals surface area contributed by atoms with Crippen LogP contribution in [0.4, 0.5) is 0 Å². The molecule has 3 aliphatic heterocycles. The minimum atomic E-state index is -0.398.